The molecule has 0 spiro atoms. The van der Waals surface area contributed by atoms with E-state index in [0.717, 1.165) is 12.8 Å². The van der Waals surface area contributed by atoms with Gasteiger partial charge in [0.15, 0.2) is 0 Å². The second-order valence-electron chi connectivity index (χ2n) is 3.03. The fourth-order valence-corrected chi connectivity index (χ4v) is 1.15. The van der Waals surface area contributed by atoms with Gasteiger partial charge in [-0.25, -0.2) is 0 Å². The zero-order valence-electron chi connectivity index (χ0n) is 7.66. The van der Waals surface area contributed by atoms with Crippen LogP contribution in [-0.2, 0) is 0 Å². The van der Waals surface area contributed by atoms with Crippen molar-refractivity contribution >= 4 is 5.84 Å². The highest BCUT2D eigenvalue weighted by Crippen LogP contribution is 2.07. The molecule has 1 aromatic rings. The number of nitrogens with two attached hydrogens (primary N) is 1. The molecule has 0 aromatic heterocycles. The van der Waals surface area contributed by atoms with Crippen molar-refractivity contribution in [3.63, 3.8) is 0 Å². The second kappa shape index (κ2) is 5.36. The number of benzene rings is 1. The molecule has 0 aliphatic heterocycles. The molecule has 0 bridgehead atoms. The average Bonchev–Trinajstić information content (AvgIpc) is 2.14. The molecule has 2 heteroatoms. The Balaban J connectivity index is 2.17. The maximum Gasteiger partial charge on any atom is 0.0905 e. The number of hydrogen-bond donors (Lipinski definition) is 2. The minimum Gasteiger partial charge on any atom is -0.388 e. The topological polar surface area (TPSA) is 49.9 Å². The Hall–Kier alpha value is -1.31. The van der Waals surface area contributed by atoms with Gasteiger partial charge in [0.05, 0.1) is 5.84 Å². The highest BCUT2D eigenvalue weighted by atomic mass is 14.7. The number of rotatable bonds is 5. The third-order valence-corrected chi connectivity index (χ3v) is 1.83. The van der Waals surface area contributed by atoms with E-state index in [2.05, 4.69) is 18.6 Å². The summed E-state index contributed by atoms with van der Waals surface area (Å²) in [7, 11) is 0. The van der Waals surface area contributed by atoms with Crippen molar-refractivity contribution in [1.29, 1.82) is 5.41 Å². The molecule has 1 rings (SSSR count). The van der Waals surface area contributed by atoms with Gasteiger partial charge in [-0.05, 0) is 24.8 Å². The minimum absolute atomic E-state index is 0.279. The molecule has 2 nitrogen and oxygen atoms in total. The predicted octanol–water partition coefficient (Wildman–Crippen LogP) is 2.35. The van der Waals surface area contributed by atoms with E-state index in [9.17, 15) is 0 Å². The van der Waals surface area contributed by atoms with Crippen LogP contribution in [0.4, 0.5) is 0 Å². The van der Waals surface area contributed by atoms with E-state index in [0.29, 0.717) is 6.42 Å². The number of nitrogens with one attached hydrogen (secondary N) is 1. The zero-order chi connectivity index (χ0) is 9.52. The highest BCUT2D eigenvalue weighted by molar-refractivity contribution is 5.76. The summed E-state index contributed by atoms with van der Waals surface area (Å²) in [6.45, 7) is 0. The molecule has 0 fully saturated rings. The Morgan fingerprint density at radius 3 is 2.62 bits per heavy atom. The van der Waals surface area contributed by atoms with Gasteiger partial charge in [-0.2, -0.15) is 0 Å². The summed E-state index contributed by atoms with van der Waals surface area (Å²) < 4.78 is 0. The van der Waals surface area contributed by atoms with Gasteiger partial charge >= 0.3 is 0 Å². The van der Waals surface area contributed by atoms with Crippen LogP contribution in [0.3, 0.4) is 0 Å². The van der Waals surface area contributed by atoms with Crippen LogP contribution in [-0.4, -0.2) is 5.84 Å². The lowest BCUT2D eigenvalue weighted by atomic mass is 10.1. The van der Waals surface area contributed by atoms with Crippen molar-refractivity contribution in [3.05, 3.63) is 42.3 Å². The Bertz CT molecular complexity index is 254. The lowest BCUT2D eigenvalue weighted by Gasteiger charge is -1.99. The lowest BCUT2D eigenvalue weighted by molar-refractivity contribution is 0.851. The Kier molecular flexibility index (Phi) is 4.03. The largest absolute Gasteiger partial charge is 0.388 e. The third-order valence-electron chi connectivity index (χ3n) is 1.83. The van der Waals surface area contributed by atoms with Crippen molar-refractivity contribution in [2.24, 2.45) is 5.73 Å². The summed E-state index contributed by atoms with van der Waals surface area (Å²) in [5.74, 6) is 0.279. The van der Waals surface area contributed by atoms with Crippen LogP contribution in [0.1, 0.15) is 24.8 Å². The minimum atomic E-state index is 0.279. The Morgan fingerprint density at radius 1 is 1.31 bits per heavy atom. The van der Waals surface area contributed by atoms with E-state index in [1.165, 1.54) is 5.56 Å². The van der Waals surface area contributed by atoms with Crippen LogP contribution in [0.2, 0.25) is 0 Å². The average molecular weight is 175 g/mol. The van der Waals surface area contributed by atoms with Crippen LogP contribution in [0, 0.1) is 11.8 Å². The molecule has 0 heterocycles. The molecule has 0 aliphatic rings. The molecule has 0 amide bonds. The normalized spacial score (nSPS) is 9.85. The first kappa shape index (κ1) is 9.78. The monoisotopic (exact) mass is 175 g/mol. The molecular formula is C11H15N2. The molecule has 0 saturated heterocycles. The van der Waals surface area contributed by atoms with Crippen LogP contribution < -0.4 is 5.73 Å². The quantitative estimate of drug-likeness (QED) is 0.403. The fourth-order valence-electron chi connectivity index (χ4n) is 1.15. The van der Waals surface area contributed by atoms with Crippen molar-refractivity contribution in [1.82, 2.24) is 0 Å². The van der Waals surface area contributed by atoms with Crippen LogP contribution >= 0.6 is 0 Å². The third kappa shape index (κ3) is 4.31. The summed E-state index contributed by atoms with van der Waals surface area (Å²) in [4.78, 5) is 0. The van der Waals surface area contributed by atoms with Crippen molar-refractivity contribution in [3.8, 4) is 0 Å². The summed E-state index contributed by atoms with van der Waals surface area (Å²) >= 11 is 0. The predicted molar refractivity (Wildman–Crippen MR) is 55.6 cm³/mol. The first-order valence-electron chi connectivity index (χ1n) is 4.50. The van der Waals surface area contributed by atoms with Gasteiger partial charge in [0.2, 0.25) is 0 Å². The maximum absolute atomic E-state index is 7.04. The molecule has 0 aliphatic carbocycles. The Morgan fingerprint density at radius 2 is 2.00 bits per heavy atom. The van der Waals surface area contributed by atoms with Gasteiger partial charge in [-0.1, -0.05) is 30.3 Å². The smallest absolute Gasteiger partial charge is 0.0905 e. The summed E-state index contributed by atoms with van der Waals surface area (Å²) in [5, 5.41) is 7.04. The lowest BCUT2D eigenvalue weighted by Crippen LogP contribution is -2.08. The SMILES string of the molecule is N=C(N)CCC[CH]c1ccccc1. The van der Waals surface area contributed by atoms with Gasteiger partial charge in [0.25, 0.3) is 0 Å². The molecule has 3 N–H and O–H groups in total. The molecule has 13 heavy (non-hydrogen) atoms. The van der Waals surface area contributed by atoms with E-state index >= 15 is 0 Å². The van der Waals surface area contributed by atoms with Crippen molar-refractivity contribution in [2.75, 3.05) is 0 Å². The summed E-state index contributed by atoms with van der Waals surface area (Å²) in [5.41, 5.74) is 6.48. The van der Waals surface area contributed by atoms with Crippen molar-refractivity contribution in [2.45, 2.75) is 19.3 Å². The van der Waals surface area contributed by atoms with E-state index in [1.54, 1.807) is 0 Å². The molecule has 1 radical (unpaired) electrons. The van der Waals surface area contributed by atoms with Gasteiger partial charge < -0.3 is 5.73 Å². The Labute approximate surface area is 79.3 Å². The van der Waals surface area contributed by atoms with Crippen LogP contribution in [0.15, 0.2) is 30.3 Å². The first-order valence-corrected chi connectivity index (χ1v) is 4.50. The first-order chi connectivity index (χ1) is 6.29. The molecule has 0 unspecified atom stereocenters. The highest BCUT2D eigenvalue weighted by Gasteiger charge is 1.93. The van der Waals surface area contributed by atoms with Crippen LogP contribution in [0.5, 0.6) is 0 Å². The number of hydrogen-bond acceptors (Lipinski definition) is 1. The summed E-state index contributed by atoms with van der Waals surface area (Å²) in [6, 6.07) is 10.2. The van der Waals surface area contributed by atoms with E-state index in [4.69, 9.17) is 11.1 Å². The van der Waals surface area contributed by atoms with Gasteiger partial charge in [0.1, 0.15) is 0 Å². The standard InChI is InChI=1S/C11H15N2/c12-11(13)9-5-4-8-10-6-2-1-3-7-10/h1-3,6-8H,4-5,9H2,(H3,12,13). The van der Waals surface area contributed by atoms with E-state index < -0.39 is 0 Å². The molecular weight excluding hydrogens is 160 g/mol. The zero-order valence-corrected chi connectivity index (χ0v) is 7.66. The maximum atomic E-state index is 7.04. The number of unbranched alkanes of at least 4 members (excludes halogenated alkanes) is 1. The molecule has 1 aromatic carbocycles. The van der Waals surface area contributed by atoms with Gasteiger partial charge in [-0.3, -0.25) is 5.41 Å². The van der Waals surface area contributed by atoms with Crippen molar-refractivity contribution < 1.29 is 0 Å². The molecule has 69 valence electrons. The second-order valence-corrected chi connectivity index (χ2v) is 3.03. The van der Waals surface area contributed by atoms with Crippen LogP contribution in [0.25, 0.3) is 0 Å². The summed E-state index contributed by atoms with van der Waals surface area (Å²) in [6.07, 6.45) is 4.82. The van der Waals surface area contributed by atoms with Gasteiger partial charge in [0, 0.05) is 6.42 Å². The van der Waals surface area contributed by atoms with E-state index in [1.807, 2.05) is 18.2 Å². The number of amidine groups is 1. The fraction of sp³-hybridized carbons (Fsp3) is 0.273. The molecule has 0 saturated carbocycles. The molecule has 0 atom stereocenters. The van der Waals surface area contributed by atoms with Gasteiger partial charge in [-0.15, -0.1) is 0 Å². The van der Waals surface area contributed by atoms with E-state index in [-0.39, 0.29) is 5.84 Å².